The van der Waals surface area contributed by atoms with E-state index in [0.717, 1.165) is 0 Å². The van der Waals surface area contributed by atoms with Crippen LogP contribution in [0.2, 0.25) is 0 Å². The molecule has 1 aliphatic heterocycles. The van der Waals surface area contributed by atoms with Crippen molar-refractivity contribution < 1.29 is 18.3 Å². The molecule has 0 unspecified atom stereocenters. The fourth-order valence-electron chi connectivity index (χ4n) is 1.67. The maximum absolute atomic E-state index is 11.9. The normalized spacial score (nSPS) is 21.0. The molecular formula is C10H11NO4S. The highest BCUT2D eigenvalue weighted by Crippen LogP contribution is 2.39. The maximum atomic E-state index is 11.9. The van der Waals surface area contributed by atoms with Crippen LogP contribution in [0.25, 0.3) is 0 Å². The van der Waals surface area contributed by atoms with Crippen molar-refractivity contribution in [1.29, 1.82) is 0 Å². The average molecular weight is 241 g/mol. The third-order valence-corrected chi connectivity index (χ3v) is 4.40. The summed E-state index contributed by atoms with van der Waals surface area (Å²) in [6.07, 6.45) is 0. The van der Waals surface area contributed by atoms with Gasteiger partial charge in [0.2, 0.25) is 9.84 Å². The van der Waals surface area contributed by atoms with Gasteiger partial charge in [-0.05, 0) is 26.0 Å². The van der Waals surface area contributed by atoms with Crippen LogP contribution in [0.15, 0.2) is 23.1 Å². The molecule has 0 aliphatic carbocycles. The number of hydrogen-bond donors (Lipinski definition) is 2. The molecule has 2 rings (SSSR count). The first-order valence-corrected chi connectivity index (χ1v) is 6.15. The van der Waals surface area contributed by atoms with Crippen LogP contribution in [0, 0.1) is 0 Å². The lowest BCUT2D eigenvalue weighted by atomic mass is 10.1. The second-order valence-corrected chi connectivity index (χ2v) is 6.01. The fraction of sp³-hybridized carbons (Fsp3) is 0.300. The second-order valence-electron chi connectivity index (χ2n) is 4.19. The predicted molar refractivity (Wildman–Crippen MR) is 58.0 cm³/mol. The lowest BCUT2D eigenvalue weighted by Crippen LogP contribution is -2.48. The largest absolute Gasteiger partial charge is 0.506 e. The summed E-state index contributed by atoms with van der Waals surface area (Å²) in [7, 11) is -4.01. The van der Waals surface area contributed by atoms with Gasteiger partial charge in [-0.25, -0.2) is 8.42 Å². The zero-order valence-corrected chi connectivity index (χ0v) is 9.63. The number of aromatic hydroxyl groups is 1. The minimum Gasteiger partial charge on any atom is -0.506 e. The molecule has 1 heterocycles. The third kappa shape index (κ3) is 1.30. The van der Waals surface area contributed by atoms with Crippen molar-refractivity contribution in [3.8, 4) is 5.75 Å². The molecular weight excluding hydrogens is 230 g/mol. The molecule has 1 aromatic rings. The number of fused-ring (bicyclic) bond motifs is 1. The number of para-hydroxylation sites is 1. The Morgan fingerprint density at radius 1 is 1.31 bits per heavy atom. The van der Waals surface area contributed by atoms with Crippen LogP contribution >= 0.6 is 0 Å². The molecule has 0 bridgehead atoms. The zero-order valence-electron chi connectivity index (χ0n) is 8.81. The number of phenols is 1. The van der Waals surface area contributed by atoms with Crippen molar-refractivity contribution in [2.45, 2.75) is 24.3 Å². The average Bonchev–Trinajstić information content (AvgIpc) is 2.17. The van der Waals surface area contributed by atoms with E-state index in [2.05, 4.69) is 5.32 Å². The van der Waals surface area contributed by atoms with Crippen molar-refractivity contribution in [2.75, 3.05) is 5.32 Å². The van der Waals surface area contributed by atoms with Crippen molar-refractivity contribution in [3.05, 3.63) is 18.2 Å². The van der Waals surface area contributed by atoms with Gasteiger partial charge in [0.15, 0.2) is 0 Å². The van der Waals surface area contributed by atoms with E-state index >= 15 is 0 Å². The highest BCUT2D eigenvalue weighted by molar-refractivity contribution is 8.06. The number of carbonyl (C=O) groups excluding carboxylic acids is 1. The first-order chi connectivity index (χ1) is 7.27. The van der Waals surface area contributed by atoms with Crippen molar-refractivity contribution >= 4 is 20.6 Å². The van der Waals surface area contributed by atoms with Gasteiger partial charge in [0.25, 0.3) is 5.12 Å². The Balaban J connectivity index is 2.82. The van der Waals surface area contributed by atoms with Gasteiger partial charge in [0.1, 0.15) is 16.2 Å². The Morgan fingerprint density at radius 2 is 1.94 bits per heavy atom. The lowest BCUT2D eigenvalue weighted by Gasteiger charge is -2.31. The quantitative estimate of drug-likeness (QED) is 0.659. The summed E-state index contributed by atoms with van der Waals surface area (Å²) < 4.78 is 23.7. The standard InChI is InChI=1S/C10H11NO4S/c1-10(2)9(13)16(14,15)7-5-3-4-6(12)8(7)11-10/h3-5,11-12H,1-2H3. The topological polar surface area (TPSA) is 83.5 Å². The van der Waals surface area contributed by atoms with Gasteiger partial charge in [-0.15, -0.1) is 0 Å². The number of sulfone groups is 1. The van der Waals surface area contributed by atoms with E-state index < -0.39 is 20.5 Å². The molecule has 0 spiro atoms. The molecule has 0 amide bonds. The minimum atomic E-state index is -4.01. The Bertz CT molecular complexity index is 574. The van der Waals surface area contributed by atoms with Crippen LogP contribution in [0.5, 0.6) is 5.75 Å². The number of rotatable bonds is 0. The van der Waals surface area contributed by atoms with Crippen molar-refractivity contribution in [2.24, 2.45) is 0 Å². The summed E-state index contributed by atoms with van der Waals surface area (Å²) in [5.41, 5.74) is -1.14. The van der Waals surface area contributed by atoms with Crippen LogP contribution in [0.1, 0.15) is 13.8 Å². The van der Waals surface area contributed by atoms with Gasteiger partial charge in [0, 0.05) is 0 Å². The number of nitrogens with one attached hydrogen (secondary N) is 1. The first kappa shape index (κ1) is 10.9. The highest BCUT2D eigenvalue weighted by atomic mass is 32.2. The number of carbonyl (C=O) groups is 1. The van der Waals surface area contributed by atoms with Gasteiger partial charge in [-0.1, -0.05) is 6.07 Å². The van der Waals surface area contributed by atoms with Crippen LogP contribution in [0.4, 0.5) is 5.69 Å². The Labute approximate surface area is 93.0 Å². The maximum Gasteiger partial charge on any atom is 0.275 e. The predicted octanol–water partition coefficient (Wildman–Crippen LogP) is 0.897. The molecule has 6 heteroatoms. The van der Waals surface area contributed by atoms with Crippen LogP contribution in [-0.4, -0.2) is 24.2 Å². The monoisotopic (exact) mass is 241 g/mol. The molecule has 0 fully saturated rings. The van der Waals surface area contributed by atoms with E-state index in [1.807, 2.05) is 0 Å². The number of phenolic OH excluding ortho intramolecular Hbond substituents is 1. The summed E-state index contributed by atoms with van der Waals surface area (Å²) in [5, 5.41) is 11.4. The van der Waals surface area contributed by atoms with E-state index in [4.69, 9.17) is 0 Å². The van der Waals surface area contributed by atoms with E-state index in [0.29, 0.717) is 0 Å². The van der Waals surface area contributed by atoms with Crippen molar-refractivity contribution in [1.82, 2.24) is 0 Å². The van der Waals surface area contributed by atoms with Crippen LogP contribution in [0.3, 0.4) is 0 Å². The molecule has 16 heavy (non-hydrogen) atoms. The van der Waals surface area contributed by atoms with Gasteiger partial charge >= 0.3 is 0 Å². The first-order valence-electron chi connectivity index (χ1n) is 4.66. The molecule has 1 aliphatic rings. The minimum absolute atomic E-state index is 0.0899. The van der Waals surface area contributed by atoms with Gasteiger partial charge in [0.05, 0.1) is 5.69 Å². The van der Waals surface area contributed by atoms with Gasteiger partial charge in [-0.2, -0.15) is 0 Å². The molecule has 5 nitrogen and oxygen atoms in total. The summed E-state index contributed by atoms with van der Waals surface area (Å²) in [5.74, 6) is -0.179. The molecule has 0 atom stereocenters. The summed E-state index contributed by atoms with van der Waals surface area (Å²) in [6, 6.07) is 4.05. The number of anilines is 1. The molecule has 0 radical (unpaired) electrons. The summed E-state index contributed by atoms with van der Waals surface area (Å²) >= 11 is 0. The smallest absolute Gasteiger partial charge is 0.275 e. The molecule has 0 saturated heterocycles. The molecule has 86 valence electrons. The Kier molecular flexibility index (Phi) is 2.03. The molecule has 1 aromatic carbocycles. The third-order valence-electron chi connectivity index (χ3n) is 2.49. The summed E-state index contributed by atoms with van der Waals surface area (Å²) in [4.78, 5) is 11.5. The van der Waals surface area contributed by atoms with E-state index in [1.165, 1.54) is 32.0 Å². The van der Waals surface area contributed by atoms with Crippen LogP contribution < -0.4 is 5.32 Å². The van der Waals surface area contributed by atoms with Gasteiger partial charge in [-0.3, -0.25) is 4.79 Å². The van der Waals surface area contributed by atoms with Gasteiger partial charge < -0.3 is 10.4 Å². The lowest BCUT2D eigenvalue weighted by molar-refractivity contribution is -0.114. The van der Waals surface area contributed by atoms with E-state index in [1.54, 1.807) is 0 Å². The van der Waals surface area contributed by atoms with Crippen molar-refractivity contribution in [3.63, 3.8) is 0 Å². The fourth-order valence-corrected chi connectivity index (χ4v) is 3.27. The second kappa shape index (κ2) is 2.98. The summed E-state index contributed by atoms with van der Waals surface area (Å²) in [6.45, 7) is 2.92. The molecule has 0 saturated carbocycles. The van der Waals surface area contributed by atoms with E-state index in [-0.39, 0.29) is 16.3 Å². The highest BCUT2D eigenvalue weighted by Gasteiger charge is 2.45. The van der Waals surface area contributed by atoms with E-state index in [9.17, 15) is 18.3 Å². The Morgan fingerprint density at radius 3 is 2.56 bits per heavy atom. The zero-order chi connectivity index (χ0) is 12.1. The SMILES string of the molecule is CC1(C)Nc2c(O)cccc2S(=O)(=O)C1=O. The molecule has 2 N–H and O–H groups in total. The number of hydrogen-bond acceptors (Lipinski definition) is 5. The molecule has 0 aromatic heterocycles. The number of benzene rings is 1. The Hall–Kier alpha value is -1.56. The van der Waals surface area contributed by atoms with Crippen LogP contribution in [-0.2, 0) is 14.6 Å².